The lowest BCUT2D eigenvalue weighted by molar-refractivity contribution is -0.139. The van der Waals surface area contributed by atoms with Gasteiger partial charge in [-0.2, -0.15) is 0 Å². The van der Waals surface area contributed by atoms with Crippen LogP contribution < -0.4 is 14.2 Å². The molecule has 1 N–H and O–H groups in total. The van der Waals surface area contributed by atoms with Crippen molar-refractivity contribution in [3.05, 3.63) is 94.6 Å². The van der Waals surface area contributed by atoms with Gasteiger partial charge in [0.15, 0.2) is 11.5 Å². The summed E-state index contributed by atoms with van der Waals surface area (Å²) in [4.78, 5) is 28.0. The van der Waals surface area contributed by atoms with E-state index in [9.17, 15) is 14.7 Å². The number of methoxy groups -OCH3 is 3. The van der Waals surface area contributed by atoms with E-state index in [4.69, 9.17) is 14.2 Å². The molecule has 0 spiro atoms. The molecule has 0 bridgehead atoms. The third kappa shape index (κ3) is 4.77. The number of aryl methyl sites for hydroxylation is 1. The fourth-order valence-corrected chi connectivity index (χ4v) is 4.40. The van der Waals surface area contributed by atoms with Gasteiger partial charge in [0.1, 0.15) is 11.5 Å². The largest absolute Gasteiger partial charge is 0.507 e. The van der Waals surface area contributed by atoms with Crippen LogP contribution in [0.25, 0.3) is 5.76 Å². The molecule has 3 aromatic carbocycles. The fraction of sp³-hybridized carbons (Fsp3) is 0.241. The number of hydrogen-bond donors (Lipinski definition) is 1. The van der Waals surface area contributed by atoms with E-state index in [1.807, 2.05) is 49.4 Å². The summed E-state index contributed by atoms with van der Waals surface area (Å²) in [5, 5.41) is 11.2. The predicted octanol–water partition coefficient (Wildman–Crippen LogP) is 4.69. The van der Waals surface area contributed by atoms with Gasteiger partial charge in [-0.15, -0.1) is 0 Å². The van der Waals surface area contributed by atoms with Crippen molar-refractivity contribution in [1.82, 2.24) is 4.90 Å². The Morgan fingerprint density at radius 2 is 1.53 bits per heavy atom. The Hall–Kier alpha value is -4.26. The van der Waals surface area contributed by atoms with Gasteiger partial charge in [0.25, 0.3) is 11.7 Å². The first-order valence-electron chi connectivity index (χ1n) is 11.6. The van der Waals surface area contributed by atoms with Crippen molar-refractivity contribution in [2.45, 2.75) is 19.4 Å². The van der Waals surface area contributed by atoms with Crippen LogP contribution >= 0.6 is 0 Å². The average Bonchev–Trinajstić information content (AvgIpc) is 3.16. The Morgan fingerprint density at radius 1 is 0.861 bits per heavy atom. The average molecular weight is 488 g/mol. The number of aliphatic hydroxyl groups is 1. The van der Waals surface area contributed by atoms with Crippen molar-refractivity contribution < 1.29 is 28.9 Å². The molecular weight excluding hydrogens is 458 g/mol. The van der Waals surface area contributed by atoms with Crippen LogP contribution in [0, 0.1) is 6.92 Å². The number of amides is 1. The number of carbonyl (C=O) groups is 2. The number of rotatable bonds is 8. The molecule has 0 unspecified atom stereocenters. The lowest BCUT2D eigenvalue weighted by Crippen LogP contribution is -2.31. The number of aliphatic hydroxyl groups excluding tert-OH is 1. The molecule has 7 nitrogen and oxygen atoms in total. The monoisotopic (exact) mass is 487 g/mol. The number of benzene rings is 3. The molecule has 1 atom stereocenters. The number of ether oxygens (including phenoxy) is 3. The van der Waals surface area contributed by atoms with E-state index in [1.165, 1.54) is 4.90 Å². The summed E-state index contributed by atoms with van der Waals surface area (Å²) in [5.41, 5.74) is 3.23. The minimum atomic E-state index is -0.715. The molecule has 1 aliphatic heterocycles. The quantitative estimate of drug-likeness (QED) is 0.282. The maximum absolute atomic E-state index is 13.2. The molecule has 1 fully saturated rings. The molecule has 0 saturated carbocycles. The minimum absolute atomic E-state index is 0.0707. The molecule has 0 radical (unpaired) electrons. The molecule has 0 aromatic heterocycles. The molecule has 1 heterocycles. The van der Waals surface area contributed by atoms with Gasteiger partial charge < -0.3 is 24.2 Å². The summed E-state index contributed by atoms with van der Waals surface area (Å²) in [5.74, 6) is 0.261. The van der Waals surface area contributed by atoms with Gasteiger partial charge in [-0.25, -0.2) is 0 Å². The van der Waals surface area contributed by atoms with Gasteiger partial charge in [0.05, 0.1) is 32.9 Å². The first kappa shape index (κ1) is 24.9. The maximum Gasteiger partial charge on any atom is 0.295 e. The number of carbonyl (C=O) groups excluding carboxylic acids is 2. The highest BCUT2D eigenvalue weighted by Gasteiger charge is 2.45. The molecule has 0 aliphatic carbocycles. The topological polar surface area (TPSA) is 85.3 Å². The molecular formula is C29H29NO6. The first-order chi connectivity index (χ1) is 17.4. The normalized spacial score (nSPS) is 16.8. The Labute approximate surface area is 210 Å². The second-order valence-electron chi connectivity index (χ2n) is 8.57. The Kier molecular flexibility index (Phi) is 7.29. The van der Waals surface area contributed by atoms with Crippen LogP contribution in [0.2, 0.25) is 0 Å². The second-order valence-corrected chi connectivity index (χ2v) is 8.57. The van der Waals surface area contributed by atoms with Crippen molar-refractivity contribution in [3.63, 3.8) is 0 Å². The standard InChI is InChI=1S/C29H29NO6/c1-18-5-8-20(9-6-18)26-25(27(31)21-10-12-22(34-2)13-11-21)28(32)29(33)30(26)16-15-19-7-14-23(35-3)24(17-19)36-4/h5-14,17,26,31H,15-16H2,1-4H3/t26-/m0/s1. The van der Waals surface area contributed by atoms with Crippen molar-refractivity contribution in [1.29, 1.82) is 0 Å². The van der Waals surface area contributed by atoms with E-state index in [1.54, 1.807) is 45.6 Å². The molecule has 36 heavy (non-hydrogen) atoms. The van der Waals surface area contributed by atoms with Gasteiger partial charge in [0, 0.05) is 12.1 Å². The molecule has 1 saturated heterocycles. The van der Waals surface area contributed by atoms with E-state index in [0.717, 1.165) is 16.7 Å². The van der Waals surface area contributed by atoms with Crippen LogP contribution in [0.15, 0.2) is 72.3 Å². The maximum atomic E-state index is 13.2. The van der Waals surface area contributed by atoms with Crippen molar-refractivity contribution >= 4 is 17.4 Å². The Balaban J connectivity index is 1.73. The summed E-state index contributed by atoms with van der Waals surface area (Å²) in [6.07, 6.45) is 0.484. The van der Waals surface area contributed by atoms with Gasteiger partial charge in [-0.1, -0.05) is 35.9 Å². The molecule has 186 valence electrons. The molecule has 1 aliphatic rings. The van der Waals surface area contributed by atoms with Gasteiger partial charge in [0.2, 0.25) is 0 Å². The van der Waals surface area contributed by atoms with Crippen LogP contribution in [0.1, 0.15) is 28.3 Å². The smallest absolute Gasteiger partial charge is 0.295 e. The van der Waals surface area contributed by atoms with Crippen molar-refractivity contribution in [3.8, 4) is 17.2 Å². The zero-order valence-electron chi connectivity index (χ0n) is 20.8. The van der Waals surface area contributed by atoms with E-state index >= 15 is 0 Å². The highest BCUT2D eigenvalue weighted by atomic mass is 16.5. The van der Waals surface area contributed by atoms with E-state index in [-0.39, 0.29) is 17.9 Å². The second kappa shape index (κ2) is 10.6. The number of nitrogens with zero attached hydrogens (tertiary/aromatic N) is 1. The van der Waals surface area contributed by atoms with Gasteiger partial charge >= 0.3 is 0 Å². The summed E-state index contributed by atoms with van der Waals surface area (Å²) < 4.78 is 15.9. The molecule has 3 aromatic rings. The van der Waals surface area contributed by atoms with Crippen LogP contribution in [-0.2, 0) is 16.0 Å². The zero-order valence-corrected chi connectivity index (χ0v) is 20.8. The van der Waals surface area contributed by atoms with E-state index in [0.29, 0.717) is 29.2 Å². The number of likely N-dealkylation sites (tertiary alicyclic amines) is 1. The Bertz CT molecular complexity index is 1290. The number of ketones is 1. The highest BCUT2D eigenvalue weighted by molar-refractivity contribution is 6.46. The van der Waals surface area contributed by atoms with Crippen LogP contribution in [-0.4, -0.2) is 49.6 Å². The Morgan fingerprint density at radius 3 is 2.14 bits per heavy atom. The third-order valence-corrected chi connectivity index (χ3v) is 6.39. The summed E-state index contributed by atoms with van der Waals surface area (Å²) in [6, 6.07) is 19.2. The highest BCUT2D eigenvalue weighted by Crippen LogP contribution is 2.40. The van der Waals surface area contributed by atoms with E-state index in [2.05, 4.69) is 0 Å². The summed E-state index contributed by atoms with van der Waals surface area (Å²) >= 11 is 0. The van der Waals surface area contributed by atoms with Crippen LogP contribution in [0.5, 0.6) is 17.2 Å². The van der Waals surface area contributed by atoms with E-state index < -0.39 is 17.7 Å². The fourth-order valence-electron chi connectivity index (χ4n) is 4.40. The molecule has 1 amide bonds. The minimum Gasteiger partial charge on any atom is -0.507 e. The van der Waals surface area contributed by atoms with Crippen LogP contribution in [0.4, 0.5) is 0 Å². The van der Waals surface area contributed by atoms with Crippen molar-refractivity contribution in [2.75, 3.05) is 27.9 Å². The van der Waals surface area contributed by atoms with Crippen molar-refractivity contribution in [2.24, 2.45) is 0 Å². The molecule has 7 heteroatoms. The predicted molar refractivity (Wildman–Crippen MR) is 136 cm³/mol. The lowest BCUT2D eigenvalue weighted by atomic mass is 9.94. The number of hydrogen-bond acceptors (Lipinski definition) is 6. The summed E-state index contributed by atoms with van der Waals surface area (Å²) in [7, 11) is 4.69. The zero-order chi connectivity index (χ0) is 25.8. The van der Waals surface area contributed by atoms with Gasteiger partial charge in [-0.05, 0) is 60.9 Å². The first-order valence-corrected chi connectivity index (χ1v) is 11.6. The summed E-state index contributed by atoms with van der Waals surface area (Å²) in [6.45, 7) is 2.24. The SMILES string of the molecule is COc1ccc(C(O)=C2C(=O)C(=O)N(CCc3ccc(OC)c(OC)c3)[C@H]2c2ccc(C)cc2)cc1. The lowest BCUT2D eigenvalue weighted by Gasteiger charge is -2.25. The molecule has 4 rings (SSSR count). The number of Topliss-reactive ketones (excluding diaryl/α,β-unsaturated/α-hetero) is 1. The van der Waals surface area contributed by atoms with Crippen LogP contribution in [0.3, 0.4) is 0 Å². The third-order valence-electron chi connectivity index (χ3n) is 6.39. The van der Waals surface area contributed by atoms with Gasteiger partial charge in [-0.3, -0.25) is 9.59 Å².